The summed E-state index contributed by atoms with van der Waals surface area (Å²) in [6, 6.07) is 6.18. The van der Waals surface area contributed by atoms with E-state index in [9.17, 15) is 0 Å². The van der Waals surface area contributed by atoms with Gasteiger partial charge in [0.05, 0.1) is 14.2 Å². The fraction of sp³-hybridized carbons (Fsp3) is 0.625. The maximum absolute atomic E-state index is 5.38. The van der Waals surface area contributed by atoms with Crippen molar-refractivity contribution in [3.8, 4) is 11.5 Å². The van der Waals surface area contributed by atoms with E-state index in [0.717, 1.165) is 43.6 Å². The van der Waals surface area contributed by atoms with Crippen LogP contribution >= 0.6 is 0 Å². The molecule has 1 unspecified atom stereocenters. The third-order valence-corrected chi connectivity index (χ3v) is 4.00. The number of anilines is 1. The summed E-state index contributed by atoms with van der Waals surface area (Å²) in [6.07, 6.45) is 2.54. The van der Waals surface area contributed by atoms with Crippen LogP contribution in [0.15, 0.2) is 18.2 Å². The molecule has 0 amide bonds. The molecule has 1 aliphatic heterocycles. The van der Waals surface area contributed by atoms with Crippen LogP contribution in [0, 0.1) is 5.92 Å². The van der Waals surface area contributed by atoms with E-state index in [1.165, 1.54) is 18.5 Å². The molecule has 1 aromatic rings. The van der Waals surface area contributed by atoms with E-state index >= 15 is 0 Å². The van der Waals surface area contributed by atoms with Gasteiger partial charge in [0.25, 0.3) is 0 Å². The maximum atomic E-state index is 5.38. The smallest absolute Gasteiger partial charge is 0.162 e. The topological polar surface area (TPSA) is 33.7 Å². The molecule has 0 aliphatic carbocycles. The second kappa shape index (κ2) is 7.39. The third kappa shape index (κ3) is 3.57. The lowest BCUT2D eigenvalue weighted by Crippen LogP contribution is -2.22. The first-order chi connectivity index (χ1) is 9.78. The molecule has 0 radical (unpaired) electrons. The van der Waals surface area contributed by atoms with E-state index in [4.69, 9.17) is 9.47 Å². The zero-order chi connectivity index (χ0) is 14.4. The number of ether oxygens (including phenoxy) is 2. The molecular weight excluding hydrogens is 252 g/mol. The van der Waals surface area contributed by atoms with Gasteiger partial charge in [-0.2, -0.15) is 0 Å². The van der Waals surface area contributed by atoms with Crippen molar-refractivity contribution in [2.75, 3.05) is 45.3 Å². The lowest BCUT2D eigenvalue weighted by Gasteiger charge is -2.20. The first-order valence-corrected chi connectivity index (χ1v) is 7.46. The monoisotopic (exact) mass is 278 g/mol. The number of hydrogen-bond donors (Lipinski definition) is 1. The Kier molecular flexibility index (Phi) is 5.53. The summed E-state index contributed by atoms with van der Waals surface area (Å²) < 4.78 is 10.7. The summed E-state index contributed by atoms with van der Waals surface area (Å²) >= 11 is 0. The number of rotatable bonds is 7. The van der Waals surface area contributed by atoms with E-state index in [1.54, 1.807) is 14.2 Å². The standard InChI is InChI=1S/C16H26N2O2/c1-4-17-9-7-13-8-10-18(12-13)14-5-6-15(19-2)16(11-14)20-3/h5-6,11,13,17H,4,7-10,12H2,1-3H3. The summed E-state index contributed by atoms with van der Waals surface area (Å²) in [4.78, 5) is 2.44. The molecule has 0 spiro atoms. The van der Waals surface area contributed by atoms with Crippen LogP contribution in [0.1, 0.15) is 19.8 Å². The molecule has 1 saturated heterocycles. The summed E-state index contributed by atoms with van der Waals surface area (Å²) in [5.74, 6) is 2.39. The van der Waals surface area contributed by atoms with Gasteiger partial charge in [0.15, 0.2) is 11.5 Å². The Morgan fingerprint density at radius 2 is 2.05 bits per heavy atom. The predicted molar refractivity (Wildman–Crippen MR) is 83.0 cm³/mol. The second-order valence-electron chi connectivity index (χ2n) is 5.28. The van der Waals surface area contributed by atoms with Gasteiger partial charge in [-0.3, -0.25) is 0 Å². The minimum Gasteiger partial charge on any atom is -0.493 e. The van der Waals surface area contributed by atoms with E-state index in [2.05, 4.69) is 29.3 Å². The van der Waals surface area contributed by atoms with Gasteiger partial charge >= 0.3 is 0 Å². The lowest BCUT2D eigenvalue weighted by molar-refractivity contribution is 0.355. The molecule has 1 aromatic carbocycles. The fourth-order valence-electron chi connectivity index (χ4n) is 2.81. The van der Waals surface area contributed by atoms with Gasteiger partial charge in [-0.25, -0.2) is 0 Å². The summed E-state index contributed by atoms with van der Waals surface area (Å²) in [6.45, 7) is 6.62. The molecule has 0 aromatic heterocycles. The van der Waals surface area contributed by atoms with Gasteiger partial charge in [0, 0.05) is 24.8 Å². The molecule has 1 fully saturated rings. The third-order valence-electron chi connectivity index (χ3n) is 4.00. The number of nitrogens with one attached hydrogen (secondary N) is 1. The van der Waals surface area contributed by atoms with Gasteiger partial charge in [-0.05, 0) is 44.0 Å². The molecule has 2 rings (SSSR count). The minimum atomic E-state index is 0.791. The molecular formula is C16H26N2O2. The highest BCUT2D eigenvalue weighted by molar-refractivity contribution is 5.56. The van der Waals surface area contributed by atoms with Crippen molar-refractivity contribution >= 4 is 5.69 Å². The molecule has 1 heterocycles. The van der Waals surface area contributed by atoms with E-state index in [0.29, 0.717) is 0 Å². The van der Waals surface area contributed by atoms with E-state index < -0.39 is 0 Å². The van der Waals surface area contributed by atoms with Gasteiger partial charge in [-0.1, -0.05) is 6.92 Å². The van der Waals surface area contributed by atoms with Crippen molar-refractivity contribution in [2.24, 2.45) is 5.92 Å². The first-order valence-electron chi connectivity index (χ1n) is 7.46. The molecule has 20 heavy (non-hydrogen) atoms. The SMILES string of the molecule is CCNCCC1CCN(c2ccc(OC)c(OC)c2)C1. The Hall–Kier alpha value is -1.42. The Labute approximate surface area is 122 Å². The van der Waals surface area contributed by atoms with Crippen LogP contribution < -0.4 is 19.7 Å². The highest BCUT2D eigenvalue weighted by Crippen LogP contribution is 2.33. The second-order valence-corrected chi connectivity index (χ2v) is 5.28. The van der Waals surface area contributed by atoms with Crippen molar-refractivity contribution in [3.05, 3.63) is 18.2 Å². The molecule has 0 bridgehead atoms. The fourth-order valence-corrected chi connectivity index (χ4v) is 2.81. The zero-order valence-corrected chi connectivity index (χ0v) is 12.8. The first kappa shape index (κ1) is 15.0. The van der Waals surface area contributed by atoms with Gasteiger partial charge < -0.3 is 19.7 Å². The summed E-state index contributed by atoms with van der Waals surface area (Å²) in [5.41, 5.74) is 1.23. The maximum Gasteiger partial charge on any atom is 0.162 e. The normalized spacial score (nSPS) is 18.4. The molecule has 1 aliphatic rings. The molecule has 112 valence electrons. The molecule has 1 N–H and O–H groups in total. The highest BCUT2D eigenvalue weighted by atomic mass is 16.5. The average molecular weight is 278 g/mol. The van der Waals surface area contributed by atoms with Gasteiger partial charge in [0.1, 0.15) is 0 Å². The van der Waals surface area contributed by atoms with E-state index in [1.807, 2.05) is 6.07 Å². The molecule has 4 nitrogen and oxygen atoms in total. The van der Waals surface area contributed by atoms with E-state index in [-0.39, 0.29) is 0 Å². The van der Waals surface area contributed by atoms with Gasteiger partial charge in [0.2, 0.25) is 0 Å². The minimum absolute atomic E-state index is 0.791. The number of methoxy groups -OCH3 is 2. The van der Waals surface area contributed by atoms with Crippen molar-refractivity contribution in [2.45, 2.75) is 19.8 Å². The lowest BCUT2D eigenvalue weighted by atomic mass is 10.1. The zero-order valence-electron chi connectivity index (χ0n) is 12.8. The Bertz CT molecular complexity index is 423. The van der Waals surface area contributed by atoms with Crippen LogP contribution in [0.2, 0.25) is 0 Å². The number of hydrogen-bond acceptors (Lipinski definition) is 4. The molecule has 4 heteroatoms. The van der Waals surface area contributed by atoms with Crippen LogP contribution in [0.25, 0.3) is 0 Å². The summed E-state index contributed by atoms with van der Waals surface area (Å²) in [7, 11) is 3.36. The highest BCUT2D eigenvalue weighted by Gasteiger charge is 2.23. The van der Waals surface area contributed by atoms with Crippen molar-refractivity contribution in [1.29, 1.82) is 0 Å². The Morgan fingerprint density at radius 1 is 1.25 bits per heavy atom. The van der Waals surface area contributed by atoms with Crippen LogP contribution in [0.4, 0.5) is 5.69 Å². The average Bonchev–Trinajstić information content (AvgIpc) is 2.95. The van der Waals surface area contributed by atoms with Crippen LogP contribution in [-0.4, -0.2) is 40.4 Å². The number of nitrogens with zero attached hydrogens (tertiary/aromatic N) is 1. The Morgan fingerprint density at radius 3 is 2.75 bits per heavy atom. The van der Waals surface area contributed by atoms with Gasteiger partial charge in [-0.15, -0.1) is 0 Å². The molecule has 1 atom stereocenters. The van der Waals surface area contributed by atoms with Crippen LogP contribution in [0.5, 0.6) is 11.5 Å². The Balaban J connectivity index is 1.95. The van der Waals surface area contributed by atoms with Crippen LogP contribution in [0.3, 0.4) is 0 Å². The van der Waals surface area contributed by atoms with Crippen molar-refractivity contribution in [3.63, 3.8) is 0 Å². The largest absolute Gasteiger partial charge is 0.493 e. The summed E-state index contributed by atoms with van der Waals surface area (Å²) in [5, 5.41) is 3.41. The van der Waals surface area contributed by atoms with Crippen LogP contribution in [-0.2, 0) is 0 Å². The number of benzene rings is 1. The quantitative estimate of drug-likeness (QED) is 0.777. The van der Waals surface area contributed by atoms with Crippen molar-refractivity contribution in [1.82, 2.24) is 5.32 Å². The predicted octanol–water partition coefficient (Wildman–Crippen LogP) is 2.53. The molecule has 0 saturated carbocycles. The van der Waals surface area contributed by atoms with Crippen molar-refractivity contribution < 1.29 is 9.47 Å².